The van der Waals surface area contributed by atoms with Crippen LogP contribution in [0.5, 0.6) is 11.5 Å². The zero-order valence-corrected chi connectivity index (χ0v) is 15.3. The number of anilines is 1. The first-order valence-electron chi connectivity index (χ1n) is 8.79. The summed E-state index contributed by atoms with van der Waals surface area (Å²) in [4.78, 5) is 2.52. The number of ether oxygens (including phenoxy) is 2. The van der Waals surface area contributed by atoms with E-state index in [2.05, 4.69) is 29.4 Å². The van der Waals surface area contributed by atoms with E-state index in [-0.39, 0.29) is 0 Å². The van der Waals surface area contributed by atoms with Crippen molar-refractivity contribution < 1.29 is 9.47 Å². The van der Waals surface area contributed by atoms with Crippen molar-refractivity contribution in [1.29, 1.82) is 0 Å². The van der Waals surface area contributed by atoms with Crippen LogP contribution in [-0.2, 0) is 0 Å². The van der Waals surface area contributed by atoms with Crippen molar-refractivity contribution in [2.24, 2.45) is 5.92 Å². The van der Waals surface area contributed by atoms with Crippen LogP contribution in [0.4, 0.5) is 5.69 Å². The molecular weight excluding hydrogens is 322 g/mol. The molecule has 2 aliphatic rings. The maximum absolute atomic E-state index is 5.60. The van der Waals surface area contributed by atoms with E-state index >= 15 is 0 Å². The lowest BCUT2D eigenvalue weighted by Crippen LogP contribution is -2.45. The number of hydrogen-bond acceptors (Lipinski definition) is 4. The van der Waals surface area contributed by atoms with Crippen molar-refractivity contribution in [2.75, 3.05) is 38.2 Å². The van der Waals surface area contributed by atoms with Gasteiger partial charge in [-0.15, -0.1) is 0 Å². The summed E-state index contributed by atoms with van der Waals surface area (Å²) in [5.41, 5.74) is 0.913. The van der Waals surface area contributed by atoms with Crippen LogP contribution < -0.4 is 20.1 Å². The van der Waals surface area contributed by atoms with Gasteiger partial charge in [0.05, 0.1) is 0 Å². The van der Waals surface area contributed by atoms with Crippen LogP contribution in [0.25, 0.3) is 0 Å². The monoisotopic (exact) mass is 349 g/mol. The first kappa shape index (κ1) is 17.3. The van der Waals surface area contributed by atoms with Crippen LogP contribution in [0.1, 0.15) is 26.7 Å². The van der Waals surface area contributed by atoms with Crippen LogP contribution in [0.2, 0.25) is 0 Å². The SMILES string of the molecule is CC1CCN(C[C@@H](C)NC(=S)Nc2ccc3c(c2)OCCO3)CC1. The summed E-state index contributed by atoms with van der Waals surface area (Å²) in [5.74, 6) is 2.42. The van der Waals surface area contributed by atoms with Crippen LogP contribution in [0, 0.1) is 5.92 Å². The Morgan fingerprint density at radius 1 is 1.25 bits per heavy atom. The number of benzene rings is 1. The van der Waals surface area contributed by atoms with E-state index in [4.69, 9.17) is 21.7 Å². The molecule has 2 N–H and O–H groups in total. The Morgan fingerprint density at radius 3 is 2.71 bits per heavy atom. The molecule has 2 aliphatic heterocycles. The van der Waals surface area contributed by atoms with E-state index < -0.39 is 0 Å². The fourth-order valence-electron chi connectivity index (χ4n) is 3.19. The topological polar surface area (TPSA) is 45.8 Å². The second kappa shape index (κ2) is 8.03. The van der Waals surface area contributed by atoms with Gasteiger partial charge in [-0.2, -0.15) is 0 Å². The normalized spacial score (nSPS) is 19.6. The number of hydrogen-bond donors (Lipinski definition) is 2. The summed E-state index contributed by atoms with van der Waals surface area (Å²) in [6.45, 7) is 9.11. The third-order valence-corrected chi connectivity index (χ3v) is 4.81. The van der Waals surface area contributed by atoms with Crippen LogP contribution in [0.15, 0.2) is 18.2 Å². The Bertz CT molecular complexity index is 573. The zero-order valence-electron chi connectivity index (χ0n) is 14.5. The highest BCUT2D eigenvalue weighted by Gasteiger charge is 2.18. The molecular formula is C18H27N3O2S. The molecule has 0 aromatic heterocycles. The largest absolute Gasteiger partial charge is 0.486 e. The number of piperidine rings is 1. The van der Waals surface area contributed by atoms with Gasteiger partial charge < -0.3 is 25.0 Å². The summed E-state index contributed by atoms with van der Waals surface area (Å²) >= 11 is 5.44. The summed E-state index contributed by atoms with van der Waals surface area (Å²) in [6, 6.07) is 6.12. The van der Waals surface area contributed by atoms with E-state index in [9.17, 15) is 0 Å². The van der Waals surface area contributed by atoms with Gasteiger partial charge in [-0.3, -0.25) is 0 Å². The first-order valence-corrected chi connectivity index (χ1v) is 9.20. The Labute approximate surface area is 149 Å². The highest BCUT2D eigenvalue weighted by Crippen LogP contribution is 2.32. The number of fused-ring (bicyclic) bond motifs is 1. The van der Waals surface area contributed by atoms with Gasteiger partial charge in [-0.1, -0.05) is 6.92 Å². The Morgan fingerprint density at radius 2 is 1.96 bits per heavy atom. The minimum atomic E-state index is 0.315. The highest BCUT2D eigenvalue weighted by molar-refractivity contribution is 7.80. The smallest absolute Gasteiger partial charge is 0.171 e. The van der Waals surface area contributed by atoms with Crippen molar-refractivity contribution >= 4 is 23.0 Å². The molecule has 0 unspecified atom stereocenters. The van der Waals surface area contributed by atoms with Crippen LogP contribution in [0.3, 0.4) is 0 Å². The molecule has 3 rings (SSSR count). The maximum Gasteiger partial charge on any atom is 0.171 e. The third kappa shape index (κ3) is 4.74. The lowest BCUT2D eigenvalue weighted by atomic mass is 9.99. The Hall–Kier alpha value is -1.53. The Kier molecular flexibility index (Phi) is 5.79. The molecule has 2 heterocycles. The first-order chi connectivity index (χ1) is 11.6. The summed E-state index contributed by atoms with van der Waals surface area (Å²) in [5, 5.41) is 7.25. The fraction of sp³-hybridized carbons (Fsp3) is 0.611. The molecule has 1 atom stereocenters. The predicted molar refractivity (Wildman–Crippen MR) is 101 cm³/mol. The molecule has 6 heteroatoms. The molecule has 132 valence electrons. The van der Waals surface area contributed by atoms with E-state index in [1.54, 1.807) is 0 Å². The molecule has 0 spiro atoms. The van der Waals surface area contributed by atoms with Gasteiger partial charge in [-0.25, -0.2) is 0 Å². The van der Waals surface area contributed by atoms with E-state index in [0.717, 1.165) is 29.6 Å². The van der Waals surface area contributed by atoms with Crippen LogP contribution >= 0.6 is 12.2 Å². The Balaban J connectivity index is 1.46. The fourth-order valence-corrected chi connectivity index (χ4v) is 3.51. The summed E-state index contributed by atoms with van der Waals surface area (Å²) in [7, 11) is 0. The average molecular weight is 350 g/mol. The van der Waals surface area contributed by atoms with Crippen molar-refractivity contribution in [3.05, 3.63) is 18.2 Å². The number of likely N-dealkylation sites (tertiary alicyclic amines) is 1. The lowest BCUT2D eigenvalue weighted by Gasteiger charge is -2.32. The van der Waals surface area contributed by atoms with Gasteiger partial charge in [0.2, 0.25) is 0 Å². The average Bonchev–Trinajstić information content (AvgIpc) is 2.56. The van der Waals surface area contributed by atoms with Gasteiger partial charge in [0.1, 0.15) is 13.2 Å². The minimum Gasteiger partial charge on any atom is -0.486 e. The molecule has 24 heavy (non-hydrogen) atoms. The zero-order chi connectivity index (χ0) is 16.9. The molecule has 0 aliphatic carbocycles. The molecule has 0 saturated carbocycles. The van der Waals surface area contributed by atoms with Gasteiger partial charge in [0, 0.05) is 24.3 Å². The number of nitrogens with one attached hydrogen (secondary N) is 2. The minimum absolute atomic E-state index is 0.315. The van der Waals surface area contributed by atoms with Crippen LogP contribution in [-0.4, -0.2) is 48.9 Å². The molecule has 5 nitrogen and oxygen atoms in total. The van der Waals surface area contributed by atoms with Crippen molar-refractivity contribution in [3.8, 4) is 11.5 Å². The quantitative estimate of drug-likeness (QED) is 0.815. The maximum atomic E-state index is 5.60. The van der Waals surface area contributed by atoms with Gasteiger partial charge in [-0.05, 0) is 63.1 Å². The van der Waals surface area contributed by atoms with Crippen molar-refractivity contribution in [2.45, 2.75) is 32.7 Å². The summed E-state index contributed by atoms with van der Waals surface area (Å²) in [6.07, 6.45) is 2.60. The van der Waals surface area contributed by atoms with Gasteiger partial charge in [0.15, 0.2) is 16.6 Å². The molecule has 1 saturated heterocycles. The lowest BCUT2D eigenvalue weighted by molar-refractivity contribution is 0.171. The molecule has 0 bridgehead atoms. The predicted octanol–water partition coefficient (Wildman–Crippen LogP) is 2.86. The van der Waals surface area contributed by atoms with Crippen molar-refractivity contribution in [1.82, 2.24) is 10.2 Å². The molecule has 0 amide bonds. The number of rotatable bonds is 4. The van der Waals surface area contributed by atoms with Crippen molar-refractivity contribution in [3.63, 3.8) is 0 Å². The molecule has 1 fully saturated rings. The standard InChI is InChI=1S/C18H27N3O2S/c1-13-5-7-21(8-6-13)12-14(2)19-18(24)20-15-3-4-16-17(11-15)23-10-9-22-16/h3-4,11,13-14H,5-10,12H2,1-2H3,(H2,19,20,24)/t14-/m1/s1. The second-order valence-corrected chi connectivity index (χ2v) is 7.25. The third-order valence-electron chi connectivity index (χ3n) is 4.59. The second-order valence-electron chi connectivity index (χ2n) is 6.84. The highest BCUT2D eigenvalue weighted by atomic mass is 32.1. The van der Waals surface area contributed by atoms with Gasteiger partial charge >= 0.3 is 0 Å². The molecule has 1 aromatic carbocycles. The molecule has 1 aromatic rings. The summed E-state index contributed by atoms with van der Waals surface area (Å²) < 4.78 is 11.1. The molecule has 0 radical (unpaired) electrons. The van der Waals surface area contributed by atoms with E-state index in [0.29, 0.717) is 24.4 Å². The van der Waals surface area contributed by atoms with Gasteiger partial charge in [0.25, 0.3) is 0 Å². The van der Waals surface area contributed by atoms with E-state index in [1.165, 1.54) is 25.9 Å². The number of thiocarbonyl (C=S) groups is 1. The number of nitrogens with zero attached hydrogens (tertiary/aromatic N) is 1. The van der Waals surface area contributed by atoms with E-state index in [1.807, 2.05) is 18.2 Å².